The lowest BCUT2D eigenvalue weighted by Crippen LogP contribution is -2.39. The van der Waals surface area contributed by atoms with Crippen molar-refractivity contribution in [3.05, 3.63) is 23.8 Å². The summed E-state index contributed by atoms with van der Waals surface area (Å²) in [5.74, 6) is 2.18. The number of hydrogen-bond acceptors (Lipinski definition) is 4. The number of hydrogen-bond donors (Lipinski definition) is 1. The number of ether oxygens (including phenoxy) is 3. The van der Waals surface area contributed by atoms with Crippen molar-refractivity contribution in [2.75, 3.05) is 20.5 Å². The molecular weight excluding hydrogens is 242 g/mol. The Bertz CT molecular complexity index is 420. The van der Waals surface area contributed by atoms with Gasteiger partial charge in [-0.25, -0.2) is 0 Å². The third-order valence-corrected chi connectivity index (χ3v) is 3.51. The predicted molar refractivity (Wildman–Crippen MR) is 74.6 cm³/mol. The largest absolute Gasteiger partial charge is 0.454 e. The normalized spacial score (nSPS) is 16.7. The van der Waals surface area contributed by atoms with Crippen LogP contribution in [0.2, 0.25) is 0 Å². The Kier molecular flexibility index (Phi) is 4.66. The van der Waals surface area contributed by atoms with Crippen molar-refractivity contribution in [1.29, 1.82) is 0 Å². The van der Waals surface area contributed by atoms with Gasteiger partial charge in [0.15, 0.2) is 11.5 Å². The molecule has 0 saturated carbocycles. The lowest BCUT2D eigenvalue weighted by atomic mass is 10.0. The van der Waals surface area contributed by atoms with Crippen LogP contribution < -0.4 is 14.8 Å². The van der Waals surface area contributed by atoms with E-state index >= 15 is 0 Å². The van der Waals surface area contributed by atoms with Gasteiger partial charge in [-0.2, -0.15) is 0 Å². The van der Waals surface area contributed by atoms with Gasteiger partial charge in [-0.1, -0.05) is 19.9 Å². The third kappa shape index (κ3) is 3.39. The molecule has 2 atom stereocenters. The smallest absolute Gasteiger partial charge is 0.231 e. The topological polar surface area (TPSA) is 39.7 Å². The minimum absolute atomic E-state index is 0.247. The lowest BCUT2D eigenvalue weighted by Gasteiger charge is -2.26. The van der Waals surface area contributed by atoms with E-state index in [0.29, 0.717) is 25.4 Å². The van der Waals surface area contributed by atoms with Crippen LogP contribution >= 0.6 is 0 Å². The average Bonchev–Trinajstić information content (AvgIpc) is 2.85. The number of benzene rings is 1. The maximum Gasteiger partial charge on any atom is 0.231 e. The first-order valence-corrected chi connectivity index (χ1v) is 6.76. The van der Waals surface area contributed by atoms with E-state index in [1.165, 1.54) is 5.56 Å². The van der Waals surface area contributed by atoms with E-state index in [0.717, 1.165) is 11.5 Å². The van der Waals surface area contributed by atoms with Gasteiger partial charge in [0.2, 0.25) is 6.79 Å². The predicted octanol–water partition coefficient (Wildman–Crippen LogP) is 2.74. The van der Waals surface area contributed by atoms with Gasteiger partial charge in [0.25, 0.3) is 0 Å². The minimum Gasteiger partial charge on any atom is -0.454 e. The summed E-state index contributed by atoms with van der Waals surface area (Å²) >= 11 is 0. The van der Waals surface area contributed by atoms with Gasteiger partial charge >= 0.3 is 0 Å². The summed E-state index contributed by atoms with van der Waals surface area (Å²) in [5.41, 5.74) is 1.20. The van der Waals surface area contributed by atoms with E-state index in [2.05, 4.69) is 32.2 Å². The molecule has 106 valence electrons. The fourth-order valence-electron chi connectivity index (χ4n) is 2.21. The van der Waals surface area contributed by atoms with Gasteiger partial charge in [-0.15, -0.1) is 0 Å². The quantitative estimate of drug-likeness (QED) is 0.858. The molecule has 19 heavy (non-hydrogen) atoms. The summed E-state index contributed by atoms with van der Waals surface area (Å²) in [7, 11) is 1.74. The fraction of sp³-hybridized carbons (Fsp3) is 0.600. The van der Waals surface area contributed by atoms with Gasteiger partial charge in [0.1, 0.15) is 0 Å². The van der Waals surface area contributed by atoms with Gasteiger partial charge in [0, 0.05) is 19.2 Å². The maximum atomic E-state index is 5.41. The molecule has 1 heterocycles. The second-order valence-corrected chi connectivity index (χ2v) is 5.31. The minimum atomic E-state index is 0.247. The van der Waals surface area contributed by atoms with Crippen molar-refractivity contribution >= 4 is 0 Å². The highest BCUT2D eigenvalue weighted by Crippen LogP contribution is 2.34. The summed E-state index contributed by atoms with van der Waals surface area (Å²) in [4.78, 5) is 0. The van der Waals surface area contributed by atoms with Gasteiger partial charge in [-0.3, -0.25) is 0 Å². The van der Waals surface area contributed by atoms with E-state index in [4.69, 9.17) is 14.2 Å². The number of nitrogens with one attached hydrogen (secondary N) is 1. The summed E-state index contributed by atoms with van der Waals surface area (Å²) < 4.78 is 16.0. The van der Waals surface area contributed by atoms with Gasteiger partial charge < -0.3 is 19.5 Å². The first-order chi connectivity index (χ1) is 9.11. The molecule has 0 radical (unpaired) electrons. The monoisotopic (exact) mass is 265 g/mol. The summed E-state index contributed by atoms with van der Waals surface area (Å²) in [6.45, 7) is 7.58. The third-order valence-electron chi connectivity index (χ3n) is 3.51. The SMILES string of the molecule is COCC(NC(C)c1ccc2c(c1)OCO2)C(C)C. The number of methoxy groups -OCH3 is 1. The summed E-state index contributed by atoms with van der Waals surface area (Å²) in [5, 5.41) is 3.60. The molecule has 0 amide bonds. The van der Waals surface area contributed by atoms with E-state index in [-0.39, 0.29) is 6.04 Å². The van der Waals surface area contributed by atoms with E-state index in [1.807, 2.05) is 12.1 Å². The standard InChI is InChI=1S/C15H23NO3/c1-10(2)13(8-17-4)16-11(3)12-5-6-14-15(7-12)19-9-18-14/h5-7,10-11,13,16H,8-9H2,1-4H3. The molecule has 1 N–H and O–H groups in total. The van der Waals surface area contributed by atoms with Crippen molar-refractivity contribution in [2.24, 2.45) is 5.92 Å². The van der Waals surface area contributed by atoms with Crippen molar-refractivity contribution < 1.29 is 14.2 Å². The zero-order valence-electron chi connectivity index (χ0n) is 12.1. The van der Waals surface area contributed by atoms with Gasteiger partial charge in [0.05, 0.1) is 6.61 Å². The fourth-order valence-corrected chi connectivity index (χ4v) is 2.21. The molecule has 0 saturated heterocycles. The van der Waals surface area contributed by atoms with Crippen molar-refractivity contribution in [3.8, 4) is 11.5 Å². The molecule has 2 rings (SSSR count). The van der Waals surface area contributed by atoms with Crippen LogP contribution in [0.25, 0.3) is 0 Å². The van der Waals surface area contributed by atoms with Crippen LogP contribution in [0.5, 0.6) is 11.5 Å². The summed E-state index contributed by atoms with van der Waals surface area (Å²) in [6, 6.07) is 6.68. The highest BCUT2D eigenvalue weighted by molar-refractivity contribution is 5.45. The molecule has 0 bridgehead atoms. The van der Waals surface area contributed by atoms with Crippen LogP contribution in [0.1, 0.15) is 32.4 Å². The Morgan fingerprint density at radius 3 is 2.63 bits per heavy atom. The van der Waals surface area contributed by atoms with E-state index in [1.54, 1.807) is 7.11 Å². The molecule has 1 aromatic rings. The Hall–Kier alpha value is -1.26. The van der Waals surface area contributed by atoms with Crippen molar-refractivity contribution in [2.45, 2.75) is 32.9 Å². The second kappa shape index (κ2) is 6.26. The molecule has 1 aromatic carbocycles. The summed E-state index contributed by atoms with van der Waals surface area (Å²) in [6.07, 6.45) is 0. The molecule has 0 spiro atoms. The molecule has 0 fully saturated rings. The zero-order valence-corrected chi connectivity index (χ0v) is 12.1. The Morgan fingerprint density at radius 1 is 1.21 bits per heavy atom. The first kappa shape index (κ1) is 14.2. The second-order valence-electron chi connectivity index (χ2n) is 5.31. The lowest BCUT2D eigenvalue weighted by molar-refractivity contribution is 0.141. The molecule has 1 aliphatic rings. The number of fused-ring (bicyclic) bond motifs is 1. The van der Waals surface area contributed by atoms with Crippen LogP contribution in [0.4, 0.5) is 0 Å². The van der Waals surface area contributed by atoms with E-state index < -0.39 is 0 Å². The Labute approximate surface area is 115 Å². The Balaban J connectivity index is 2.04. The molecule has 1 aliphatic heterocycles. The van der Waals surface area contributed by atoms with Crippen LogP contribution in [0, 0.1) is 5.92 Å². The molecular formula is C15H23NO3. The Morgan fingerprint density at radius 2 is 1.95 bits per heavy atom. The van der Waals surface area contributed by atoms with Crippen LogP contribution in [0.3, 0.4) is 0 Å². The van der Waals surface area contributed by atoms with Crippen LogP contribution in [-0.2, 0) is 4.74 Å². The molecule has 0 aromatic heterocycles. The molecule has 2 unspecified atom stereocenters. The maximum absolute atomic E-state index is 5.41. The highest BCUT2D eigenvalue weighted by Gasteiger charge is 2.19. The van der Waals surface area contributed by atoms with Crippen molar-refractivity contribution in [3.63, 3.8) is 0 Å². The molecule has 4 heteroatoms. The first-order valence-electron chi connectivity index (χ1n) is 6.76. The van der Waals surface area contributed by atoms with Crippen LogP contribution in [-0.4, -0.2) is 26.6 Å². The highest BCUT2D eigenvalue weighted by atomic mass is 16.7. The molecule has 0 aliphatic carbocycles. The van der Waals surface area contributed by atoms with Crippen molar-refractivity contribution in [1.82, 2.24) is 5.32 Å². The van der Waals surface area contributed by atoms with Crippen LogP contribution in [0.15, 0.2) is 18.2 Å². The molecule has 4 nitrogen and oxygen atoms in total. The van der Waals surface area contributed by atoms with Gasteiger partial charge in [-0.05, 0) is 30.5 Å². The van der Waals surface area contributed by atoms with E-state index in [9.17, 15) is 0 Å². The average molecular weight is 265 g/mol. The zero-order chi connectivity index (χ0) is 13.8. The number of rotatable bonds is 6.